The molecule has 1 aliphatic rings. The lowest BCUT2D eigenvalue weighted by Crippen LogP contribution is -2.47. The van der Waals surface area contributed by atoms with Crippen molar-refractivity contribution < 1.29 is 14.7 Å². The predicted molar refractivity (Wildman–Crippen MR) is 60.2 cm³/mol. The molecule has 2 amide bonds. The van der Waals surface area contributed by atoms with Crippen LogP contribution in [0.1, 0.15) is 26.2 Å². The van der Waals surface area contributed by atoms with Crippen LogP contribution in [0.2, 0.25) is 0 Å². The van der Waals surface area contributed by atoms with Gasteiger partial charge in [-0.15, -0.1) is 0 Å². The maximum atomic E-state index is 11.9. The zero-order valence-corrected chi connectivity index (χ0v) is 9.98. The molecule has 1 heterocycles. The molecule has 0 bridgehead atoms. The average Bonchev–Trinajstić information content (AvgIpc) is 2.27. The van der Waals surface area contributed by atoms with Gasteiger partial charge >= 0.3 is 12.0 Å². The first-order valence-corrected chi connectivity index (χ1v) is 5.76. The number of likely N-dealkylation sites (tertiary alicyclic amines) is 1. The van der Waals surface area contributed by atoms with E-state index in [1.54, 1.807) is 4.90 Å². The van der Waals surface area contributed by atoms with Crippen LogP contribution in [0.25, 0.3) is 0 Å². The minimum absolute atomic E-state index is 0.166. The molecule has 0 radical (unpaired) electrons. The van der Waals surface area contributed by atoms with Gasteiger partial charge in [0, 0.05) is 20.1 Å². The second-order valence-corrected chi connectivity index (χ2v) is 4.39. The molecule has 0 aromatic carbocycles. The number of carbonyl (C=O) groups is 2. The molecule has 0 spiro atoms. The molecule has 0 aromatic heterocycles. The van der Waals surface area contributed by atoms with Gasteiger partial charge in [-0.05, 0) is 18.8 Å². The molecule has 1 fully saturated rings. The molecular formula is C11H20N2O3. The lowest BCUT2D eigenvalue weighted by atomic mass is 9.96. The van der Waals surface area contributed by atoms with Crippen LogP contribution in [0.4, 0.5) is 4.79 Å². The Bertz CT molecular complexity index is 268. The number of rotatable bonds is 3. The summed E-state index contributed by atoms with van der Waals surface area (Å²) in [7, 11) is 1.53. The fraction of sp³-hybridized carbons (Fsp3) is 0.818. The van der Waals surface area contributed by atoms with Crippen molar-refractivity contribution in [3.63, 3.8) is 0 Å². The maximum absolute atomic E-state index is 11.9. The summed E-state index contributed by atoms with van der Waals surface area (Å²) in [6.07, 6.45) is 3.26. The normalized spacial score (nSPS) is 20.6. The average molecular weight is 228 g/mol. The first kappa shape index (κ1) is 12.8. The smallest absolute Gasteiger partial charge is 0.323 e. The van der Waals surface area contributed by atoms with Gasteiger partial charge in [0.1, 0.15) is 6.54 Å². The van der Waals surface area contributed by atoms with Gasteiger partial charge in [0.2, 0.25) is 0 Å². The lowest BCUT2D eigenvalue weighted by Gasteiger charge is -2.34. The van der Waals surface area contributed by atoms with E-state index in [1.165, 1.54) is 18.4 Å². The van der Waals surface area contributed by atoms with Gasteiger partial charge in [0.15, 0.2) is 0 Å². The molecule has 92 valence electrons. The molecule has 0 saturated carbocycles. The third kappa shape index (κ3) is 3.40. The number of nitrogens with zero attached hydrogens (tertiary/aromatic N) is 2. The Morgan fingerprint density at radius 3 is 2.75 bits per heavy atom. The summed E-state index contributed by atoms with van der Waals surface area (Å²) >= 11 is 0. The third-order valence-corrected chi connectivity index (χ3v) is 3.07. The number of amides is 2. The molecule has 1 atom stereocenters. The van der Waals surface area contributed by atoms with E-state index in [4.69, 9.17) is 5.11 Å². The van der Waals surface area contributed by atoms with E-state index in [1.807, 2.05) is 0 Å². The highest BCUT2D eigenvalue weighted by Gasteiger charge is 2.25. The van der Waals surface area contributed by atoms with Crippen LogP contribution < -0.4 is 0 Å². The van der Waals surface area contributed by atoms with Crippen LogP contribution in [-0.4, -0.2) is 53.6 Å². The van der Waals surface area contributed by atoms with Crippen LogP contribution in [0, 0.1) is 5.92 Å². The molecule has 5 heteroatoms. The first-order valence-electron chi connectivity index (χ1n) is 5.76. The van der Waals surface area contributed by atoms with E-state index in [-0.39, 0.29) is 12.6 Å². The summed E-state index contributed by atoms with van der Waals surface area (Å²) in [6, 6.07) is -0.166. The molecule has 0 aromatic rings. The van der Waals surface area contributed by atoms with E-state index in [0.29, 0.717) is 5.92 Å². The van der Waals surface area contributed by atoms with Gasteiger partial charge < -0.3 is 14.9 Å². The van der Waals surface area contributed by atoms with Crippen molar-refractivity contribution in [2.75, 3.05) is 26.7 Å². The molecule has 5 nitrogen and oxygen atoms in total. The molecule has 1 saturated heterocycles. The van der Waals surface area contributed by atoms with Gasteiger partial charge in [-0.25, -0.2) is 4.79 Å². The Kier molecular flexibility index (Phi) is 4.58. The van der Waals surface area contributed by atoms with E-state index in [2.05, 4.69) is 6.92 Å². The van der Waals surface area contributed by atoms with Crippen molar-refractivity contribution in [3.05, 3.63) is 0 Å². The number of carboxylic acids is 1. The fourth-order valence-electron chi connectivity index (χ4n) is 2.08. The molecule has 0 aliphatic carbocycles. The maximum Gasteiger partial charge on any atom is 0.323 e. The first-order chi connectivity index (χ1) is 7.54. The molecular weight excluding hydrogens is 208 g/mol. The molecule has 1 unspecified atom stereocenters. The summed E-state index contributed by atoms with van der Waals surface area (Å²) in [5.74, 6) is -0.407. The molecule has 1 N–H and O–H groups in total. The van der Waals surface area contributed by atoms with Gasteiger partial charge in [-0.1, -0.05) is 13.3 Å². The second kappa shape index (κ2) is 5.72. The Morgan fingerprint density at radius 1 is 1.50 bits per heavy atom. The predicted octanol–water partition coefficient (Wildman–Crippen LogP) is 1.24. The highest BCUT2D eigenvalue weighted by molar-refractivity contribution is 5.79. The Labute approximate surface area is 96.0 Å². The zero-order chi connectivity index (χ0) is 12.1. The van der Waals surface area contributed by atoms with Crippen molar-refractivity contribution in [2.24, 2.45) is 5.92 Å². The van der Waals surface area contributed by atoms with Crippen LogP contribution in [-0.2, 0) is 4.79 Å². The fourth-order valence-corrected chi connectivity index (χ4v) is 2.08. The minimum Gasteiger partial charge on any atom is -0.480 e. The summed E-state index contributed by atoms with van der Waals surface area (Å²) in [4.78, 5) is 25.4. The minimum atomic E-state index is -0.972. The Balaban J connectivity index is 2.49. The quantitative estimate of drug-likeness (QED) is 0.790. The lowest BCUT2D eigenvalue weighted by molar-refractivity contribution is -0.137. The Hall–Kier alpha value is -1.26. The number of likely N-dealkylation sites (N-methyl/N-ethyl adjacent to an activating group) is 1. The van der Waals surface area contributed by atoms with Crippen molar-refractivity contribution in [1.29, 1.82) is 0 Å². The second-order valence-electron chi connectivity index (χ2n) is 4.39. The molecule has 1 rings (SSSR count). The third-order valence-electron chi connectivity index (χ3n) is 3.07. The number of piperidine rings is 1. The highest BCUT2D eigenvalue weighted by Crippen LogP contribution is 2.19. The monoisotopic (exact) mass is 228 g/mol. The highest BCUT2D eigenvalue weighted by atomic mass is 16.4. The summed E-state index contributed by atoms with van der Waals surface area (Å²) in [5.41, 5.74) is 0. The van der Waals surface area contributed by atoms with Gasteiger partial charge in [-0.3, -0.25) is 4.79 Å². The van der Waals surface area contributed by atoms with Crippen LogP contribution in [0.3, 0.4) is 0 Å². The topological polar surface area (TPSA) is 60.9 Å². The molecule has 1 aliphatic heterocycles. The summed E-state index contributed by atoms with van der Waals surface area (Å²) in [6.45, 7) is 3.41. The number of carboxylic acid groups (broad SMARTS) is 1. The number of aliphatic carboxylic acids is 1. The number of hydrogen-bond acceptors (Lipinski definition) is 2. The van der Waals surface area contributed by atoms with Crippen molar-refractivity contribution in [1.82, 2.24) is 9.80 Å². The van der Waals surface area contributed by atoms with Crippen LogP contribution in [0.15, 0.2) is 0 Å². The van der Waals surface area contributed by atoms with Crippen molar-refractivity contribution in [2.45, 2.75) is 26.2 Å². The molecule has 16 heavy (non-hydrogen) atoms. The Morgan fingerprint density at radius 2 is 2.19 bits per heavy atom. The zero-order valence-electron chi connectivity index (χ0n) is 9.98. The van der Waals surface area contributed by atoms with E-state index in [9.17, 15) is 9.59 Å². The largest absolute Gasteiger partial charge is 0.480 e. The van der Waals surface area contributed by atoms with E-state index >= 15 is 0 Å². The standard InChI is InChI=1S/C11H20N2O3/c1-3-9-5-4-6-13(7-9)11(16)12(2)8-10(14)15/h9H,3-8H2,1-2H3,(H,14,15). The van der Waals surface area contributed by atoms with Crippen molar-refractivity contribution in [3.8, 4) is 0 Å². The van der Waals surface area contributed by atoms with Gasteiger partial charge in [0.05, 0.1) is 0 Å². The van der Waals surface area contributed by atoms with Gasteiger partial charge in [-0.2, -0.15) is 0 Å². The number of urea groups is 1. The summed E-state index contributed by atoms with van der Waals surface area (Å²) < 4.78 is 0. The van der Waals surface area contributed by atoms with Crippen LogP contribution >= 0.6 is 0 Å². The number of carbonyl (C=O) groups excluding carboxylic acids is 1. The van der Waals surface area contributed by atoms with Gasteiger partial charge in [0.25, 0.3) is 0 Å². The van der Waals surface area contributed by atoms with E-state index in [0.717, 1.165) is 25.9 Å². The number of hydrogen-bond donors (Lipinski definition) is 1. The van der Waals surface area contributed by atoms with Crippen molar-refractivity contribution >= 4 is 12.0 Å². The SMILES string of the molecule is CCC1CCCN(C(=O)N(C)CC(=O)O)C1. The summed E-state index contributed by atoms with van der Waals surface area (Å²) in [5, 5.41) is 8.62. The van der Waals surface area contributed by atoms with Crippen LogP contribution in [0.5, 0.6) is 0 Å². The van der Waals surface area contributed by atoms with E-state index < -0.39 is 5.97 Å².